The molecule has 0 bridgehead atoms. The smallest absolute Gasteiger partial charge is 0.254 e. The summed E-state index contributed by atoms with van der Waals surface area (Å²) in [5, 5.41) is 0. The van der Waals surface area contributed by atoms with Crippen molar-refractivity contribution in [3.63, 3.8) is 0 Å². The number of amides is 2. The van der Waals surface area contributed by atoms with E-state index in [-0.39, 0.29) is 23.8 Å². The van der Waals surface area contributed by atoms with Gasteiger partial charge in [-0.3, -0.25) is 9.59 Å². The molecule has 0 saturated carbocycles. The van der Waals surface area contributed by atoms with Crippen LogP contribution in [0.2, 0.25) is 0 Å². The van der Waals surface area contributed by atoms with Crippen molar-refractivity contribution in [2.24, 2.45) is 5.92 Å². The Hall–Kier alpha value is -2.62. The van der Waals surface area contributed by atoms with Gasteiger partial charge in [0.1, 0.15) is 0 Å². The fourth-order valence-electron chi connectivity index (χ4n) is 4.88. The van der Waals surface area contributed by atoms with Gasteiger partial charge in [0.2, 0.25) is 5.91 Å². The molecular formula is C25H30N2O2. The Bertz CT molecular complexity index is 899. The number of piperidine rings is 1. The molecule has 2 aromatic rings. The highest BCUT2D eigenvalue weighted by Gasteiger charge is 2.33. The van der Waals surface area contributed by atoms with Crippen LogP contribution in [0.25, 0.3) is 0 Å². The first-order valence-electron chi connectivity index (χ1n) is 10.8. The molecule has 0 aromatic heterocycles. The van der Waals surface area contributed by atoms with Crippen LogP contribution in [0.3, 0.4) is 0 Å². The van der Waals surface area contributed by atoms with Gasteiger partial charge >= 0.3 is 0 Å². The van der Waals surface area contributed by atoms with Crippen molar-refractivity contribution in [2.75, 3.05) is 20.1 Å². The SMILES string of the molecule is Cc1ccccc1C(=O)N1CCC(C(=O)N(C)C2CCCc3ccccc32)CC1. The molecule has 0 spiro atoms. The Morgan fingerprint density at radius 3 is 2.41 bits per heavy atom. The molecular weight excluding hydrogens is 360 g/mol. The van der Waals surface area contributed by atoms with Crippen molar-refractivity contribution in [2.45, 2.75) is 45.1 Å². The average Bonchev–Trinajstić information content (AvgIpc) is 2.77. The van der Waals surface area contributed by atoms with Crippen LogP contribution in [0, 0.1) is 12.8 Å². The van der Waals surface area contributed by atoms with Gasteiger partial charge in [0.05, 0.1) is 6.04 Å². The molecule has 1 atom stereocenters. The van der Waals surface area contributed by atoms with Gasteiger partial charge in [-0.1, -0.05) is 42.5 Å². The summed E-state index contributed by atoms with van der Waals surface area (Å²) in [5.41, 5.74) is 4.46. The number of fused-ring (bicyclic) bond motifs is 1. The topological polar surface area (TPSA) is 40.6 Å². The Morgan fingerprint density at radius 2 is 1.66 bits per heavy atom. The number of hydrogen-bond acceptors (Lipinski definition) is 2. The fraction of sp³-hybridized carbons (Fsp3) is 0.440. The highest BCUT2D eigenvalue weighted by atomic mass is 16.2. The van der Waals surface area contributed by atoms with E-state index in [1.807, 2.05) is 48.0 Å². The van der Waals surface area contributed by atoms with Gasteiger partial charge in [-0.05, 0) is 61.8 Å². The summed E-state index contributed by atoms with van der Waals surface area (Å²) in [7, 11) is 1.96. The van der Waals surface area contributed by atoms with Gasteiger partial charge < -0.3 is 9.80 Å². The van der Waals surface area contributed by atoms with Crippen molar-refractivity contribution in [1.29, 1.82) is 0 Å². The van der Waals surface area contributed by atoms with Gasteiger partial charge in [-0.2, -0.15) is 0 Å². The number of rotatable bonds is 3. The molecule has 4 rings (SSSR count). The van der Waals surface area contributed by atoms with Crippen LogP contribution in [0.5, 0.6) is 0 Å². The highest BCUT2D eigenvalue weighted by Crippen LogP contribution is 2.35. The summed E-state index contributed by atoms with van der Waals surface area (Å²) in [6.45, 7) is 3.28. The Balaban J connectivity index is 1.39. The number of hydrogen-bond donors (Lipinski definition) is 0. The lowest BCUT2D eigenvalue weighted by Crippen LogP contribution is -2.44. The van der Waals surface area contributed by atoms with E-state index in [1.54, 1.807) is 0 Å². The third-order valence-electron chi connectivity index (χ3n) is 6.66. The normalized spacial score (nSPS) is 19.5. The molecule has 1 aliphatic carbocycles. The molecule has 1 heterocycles. The van der Waals surface area contributed by atoms with Crippen LogP contribution in [-0.2, 0) is 11.2 Å². The molecule has 0 N–H and O–H groups in total. The lowest BCUT2D eigenvalue weighted by Gasteiger charge is -2.38. The Kier molecular flexibility index (Phi) is 5.70. The molecule has 2 amide bonds. The largest absolute Gasteiger partial charge is 0.339 e. The van der Waals surface area contributed by atoms with Gasteiger partial charge in [0, 0.05) is 31.6 Å². The number of nitrogens with zero attached hydrogens (tertiary/aromatic N) is 2. The third kappa shape index (κ3) is 3.93. The maximum Gasteiger partial charge on any atom is 0.254 e. The van der Waals surface area contributed by atoms with Gasteiger partial charge in [0.15, 0.2) is 0 Å². The standard InChI is InChI=1S/C25H30N2O2/c1-18-8-3-5-11-21(18)25(29)27-16-14-20(15-17-27)24(28)26(2)23-13-7-10-19-9-4-6-12-22(19)23/h3-6,8-9,11-12,20,23H,7,10,13-17H2,1-2H3. The van der Waals surface area contributed by atoms with Gasteiger partial charge in [-0.15, -0.1) is 0 Å². The molecule has 2 aliphatic rings. The van der Waals surface area contributed by atoms with Gasteiger partial charge in [0.25, 0.3) is 5.91 Å². The predicted octanol–water partition coefficient (Wildman–Crippen LogP) is 4.38. The van der Waals surface area contributed by atoms with E-state index in [0.29, 0.717) is 13.1 Å². The molecule has 4 heteroatoms. The second-order valence-electron chi connectivity index (χ2n) is 8.44. The van der Waals surface area contributed by atoms with Crippen molar-refractivity contribution in [3.05, 3.63) is 70.8 Å². The first-order chi connectivity index (χ1) is 14.1. The first kappa shape index (κ1) is 19.7. The number of carbonyl (C=O) groups excluding carboxylic acids is 2. The lowest BCUT2D eigenvalue weighted by atomic mass is 9.86. The first-order valence-corrected chi connectivity index (χ1v) is 10.8. The van der Waals surface area contributed by atoms with E-state index in [0.717, 1.165) is 43.2 Å². The summed E-state index contributed by atoms with van der Waals surface area (Å²) < 4.78 is 0. The molecule has 152 valence electrons. The lowest BCUT2D eigenvalue weighted by molar-refractivity contribution is -0.138. The molecule has 1 fully saturated rings. The Labute approximate surface area is 173 Å². The van der Waals surface area contributed by atoms with Crippen LogP contribution in [0.4, 0.5) is 0 Å². The zero-order valence-corrected chi connectivity index (χ0v) is 17.4. The van der Waals surface area contributed by atoms with E-state index in [1.165, 1.54) is 11.1 Å². The summed E-state index contributed by atoms with van der Waals surface area (Å²) >= 11 is 0. The Morgan fingerprint density at radius 1 is 0.966 bits per heavy atom. The van der Waals surface area contributed by atoms with Crippen LogP contribution in [-0.4, -0.2) is 41.8 Å². The summed E-state index contributed by atoms with van der Waals surface area (Å²) in [6, 6.07) is 16.4. The molecule has 1 aliphatic heterocycles. The molecule has 2 aromatic carbocycles. The van der Waals surface area contributed by atoms with Crippen LogP contribution >= 0.6 is 0 Å². The van der Waals surface area contributed by atoms with Crippen molar-refractivity contribution in [1.82, 2.24) is 9.80 Å². The molecule has 1 saturated heterocycles. The molecule has 4 nitrogen and oxygen atoms in total. The van der Waals surface area contributed by atoms with Crippen molar-refractivity contribution < 1.29 is 9.59 Å². The van der Waals surface area contributed by atoms with E-state index in [4.69, 9.17) is 0 Å². The fourth-order valence-corrected chi connectivity index (χ4v) is 4.88. The quantitative estimate of drug-likeness (QED) is 0.780. The summed E-state index contributed by atoms with van der Waals surface area (Å²) in [6.07, 6.45) is 4.75. The number of carbonyl (C=O) groups is 2. The average molecular weight is 391 g/mol. The molecule has 1 unspecified atom stereocenters. The van der Waals surface area contributed by atoms with Gasteiger partial charge in [-0.25, -0.2) is 0 Å². The molecule has 29 heavy (non-hydrogen) atoms. The third-order valence-corrected chi connectivity index (χ3v) is 6.66. The molecule has 0 radical (unpaired) electrons. The number of aryl methyl sites for hydroxylation is 2. The van der Waals surface area contributed by atoms with Crippen molar-refractivity contribution in [3.8, 4) is 0 Å². The van der Waals surface area contributed by atoms with E-state index in [2.05, 4.69) is 24.3 Å². The number of likely N-dealkylation sites (tertiary alicyclic amines) is 1. The van der Waals surface area contributed by atoms with Crippen LogP contribution < -0.4 is 0 Å². The number of benzene rings is 2. The minimum absolute atomic E-state index is 0.00927. The maximum absolute atomic E-state index is 13.2. The second-order valence-corrected chi connectivity index (χ2v) is 8.44. The monoisotopic (exact) mass is 390 g/mol. The summed E-state index contributed by atoms with van der Waals surface area (Å²) in [4.78, 5) is 30.0. The second kappa shape index (κ2) is 8.40. The minimum Gasteiger partial charge on any atom is -0.339 e. The zero-order chi connectivity index (χ0) is 20.4. The van der Waals surface area contributed by atoms with E-state index in [9.17, 15) is 9.59 Å². The van der Waals surface area contributed by atoms with Crippen molar-refractivity contribution >= 4 is 11.8 Å². The van der Waals surface area contributed by atoms with Crippen LogP contribution in [0.15, 0.2) is 48.5 Å². The summed E-state index contributed by atoms with van der Waals surface area (Å²) in [5.74, 6) is 0.327. The minimum atomic E-state index is 0.00927. The van der Waals surface area contributed by atoms with E-state index >= 15 is 0 Å². The maximum atomic E-state index is 13.2. The zero-order valence-electron chi connectivity index (χ0n) is 17.4. The van der Waals surface area contributed by atoms with E-state index < -0.39 is 0 Å². The highest BCUT2D eigenvalue weighted by molar-refractivity contribution is 5.95. The van der Waals surface area contributed by atoms with Crippen LogP contribution in [0.1, 0.15) is 58.8 Å². The predicted molar refractivity (Wildman–Crippen MR) is 115 cm³/mol.